The standard InChI is InChI=1S/C61H42NOSi2/c1-5-22-43(23-6-1)61(44-24-7-2-8-25-44)49-31-14-13-30-48(49)60-50(61)32-21-33-51(60)62(45-26-9-3-10-27-45)46-40-41-59-55(42-46)64(47-28-11-4-12-29-47)54-36-17-20-39-58(54)65(59)56-37-18-15-34-52(56)63-53-35-16-19-38-57(53)65/h1-42H. The SMILES string of the molecule is c1ccc(N(c2ccc3c(c2)[Si](c2ccccc2)c2ccccc2[Si]32c3ccccc3Oc3ccccc32)c2cccc3c2-c2ccccc2C3(c2ccccc2)c2ccccc2)cc1. The molecule has 0 saturated heterocycles. The minimum absolute atomic E-state index is 0.516. The summed E-state index contributed by atoms with van der Waals surface area (Å²) in [6, 6.07) is 95.2. The van der Waals surface area contributed by atoms with Gasteiger partial charge < -0.3 is 9.64 Å². The smallest absolute Gasteiger partial charge is 0.188 e. The molecule has 2 heterocycles. The molecule has 1 spiro atoms. The van der Waals surface area contributed by atoms with Gasteiger partial charge in [0.05, 0.1) is 11.1 Å². The average molecular weight is 861 g/mol. The Hall–Kier alpha value is -7.77. The van der Waals surface area contributed by atoms with Gasteiger partial charge in [-0.1, -0.05) is 223 Å². The molecule has 0 N–H and O–H groups in total. The van der Waals surface area contributed by atoms with Crippen LogP contribution in [0, 0.1) is 0 Å². The molecule has 0 atom stereocenters. The summed E-state index contributed by atoms with van der Waals surface area (Å²) in [7, 11) is -4.44. The molecule has 0 saturated carbocycles. The normalized spacial score (nSPS) is 14.5. The summed E-state index contributed by atoms with van der Waals surface area (Å²) >= 11 is 0. The van der Waals surface area contributed by atoms with Gasteiger partial charge >= 0.3 is 0 Å². The van der Waals surface area contributed by atoms with Gasteiger partial charge in [0.25, 0.3) is 0 Å². The predicted molar refractivity (Wildman–Crippen MR) is 273 cm³/mol. The van der Waals surface area contributed by atoms with Crippen molar-refractivity contribution in [2.24, 2.45) is 0 Å². The lowest BCUT2D eigenvalue weighted by molar-refractivity contribution is 0.487. The molecular formula is C61H42NOSi2. The first-order valence-corrected chi connectivity index (χ1v) is 26.0. The molecule has 3 aliphatic rings. The van der Waals surface area contributed by atoms with Crippen LogP contribution in [0.3, 0.4) is 0 Å². The molecule has 0 fully saturated rings. The van der Waals surface area contributed by atoms with Crippen LogP contribution in [0.25, 0.3) is 11.1 Å². The zero-order valence-corrected chi connectivity index (χ0v) is 37.6. The van der Waals surface area contributed by atoms with Crippen molar-refractivity contribution in [2.45, 2.75) is 5.41 Å². The fraction of sp³-hybridized carbons (Fsp3) is 0.0164. The fourth-order valence-corrected chi connectivity index (χ4v) is 21.3. The quantitative estimate of drug-likeness (QED) is 0.155. The van der Waals surface area contributed by atoms with E-state index in [9.17, 15) is 0 Å². The van der Waals surface area contributed by atoms with E-state index in [4.69, 9.17) is 4.74 Å². The third-order valence-electron chi connectivity index (χ3n) is 14.1. The third-order valence-corrected chi connectivity index (χ3v) is 22.4. The van der Waals surface area contributed by atoms with E-state index in [0.717, 1.165) is 28.6 Å². The van der Waals surface area contributed by atoms with Crippen molar-refractivity contribution in [3.05, 3.63) is 277 Å². The second-order valence-electron chi connectivity index (χ2n) is 17.3. The number of para-hydroxylation sites is 3. The first kappa shape index (κ1) is 37.8. The van der Waals surface area contributed by atoms with Crippen LogP contribution in [0.4, 0.5) is 17.1 Å². The topological polar surface area (TPSA) is 12.5 Å². The molecule has 10 aromatic carbocycles. The van der Waals surface area contributed by atoms with Crippen LogP contribution in [0.1, 0.15) is 22.3 Å². The van der Waals surface area contributed by atoms with E-state index in [0.29, 0.717) is 0 Å². The first-order chi connectivity index (χ1) is 32.3. The highest BCUT2D eigenvalue weighted by molar-refractivity contribution is 7.27. The summed E-state index contributed by atoms with van der Waals surface area (Å²) in [4.78, 5) is 2.53. The molecule has 1 aliphatic carbocycles. The summed E-state index contributed by atoms with van der Waals surface area (Å²) in [5.41, 5.74) is 10.5. The monoisotopic (exact) mass is 860 g/mol. The van der Waals surface area contributed by atoms with Crippen molar-refractivity contribution >= 4 is 70.2 Å². The highest BCUT2D eigenvalue weighted by atomic mass is 28.3. The number of rotatable bonds is 6. The number of hydrogen-bond acceptors (Lipinski definition) is 2. The summed E-state index contributed by atoms with van der Waals surface area (Å²) < 4.78 is 6.81. The number of nitrogens with zero attached hydrogens (tertiary/aromatic N) is 1. The van der Waals surface area contributed by atoms with Gasteiger partial charge in [0, 0.05) is 16.9 Å². The van der Waals surface area contributed by atoms with Gasteiger partial charge in [0.1, 0.15) is 11.5 Å². The number of benzene rings is 10. The lowest BCUT2D eigenvalue weighted by Gasteiger charge is -2.46. The van der Waals surface area contributed by atoms with Gasteiger partial charge in [0.15, 0.2) is 16.9 Å². The highest BCUT2D eigenvalue weighted by Gasteiger charge is 2.54. The fourth-order valence-electron chi connectivity index (χ4n) is 11.7. The summed E-state index contributed by atoms with van der Waals surface area (Å²) in [6.45, 7) is 0. The molecule has 1 radical (unpaired) electrons. The van der Waals surface area contributed by atoms with Crippen LogP contribution in [0.5, 0.6) is 11.5 Å². The van der Waals surface area contributed by atoms with Crippen molar-refractivity contribution in [1.29, 1.82) is 0 Å². The van der Waals surface area contributed by atoms with Crippen LogP contribution < -0.4 is 45.9 Å². The zero-order chi connectivity index (χ0) is 43.0. The van der Waals surface area contributed by atoms with Gasteiger partial charge in [-0.3, -0.25) is 0 Å². The lowest BCUT2D eigenvalue weighted by atomic mass is 9.68. The Morgan fingerprint density at radius 3 is 1.58 bits per heavy atom. The van der Waals surface area contributed by atoms with Crippen LogP contribution in [0.15, 0.2) is 255 Å². The Bertz CT molecular complexity index is 3340. The van der Waals surface area contributed by atoms with Crippen LogP contribution in [-0.4, -0.2) is 16.9 Å². The Morgan fingerprint density at radius 1 is 0.385 bits per heavy atom. The lowest BCUT2D eigenvalue weighted by Crippen LogP contribution is -2.87. The molecule has 13 rings (SSSR count). The van der Waals surface area contributed by atoms with E-state index >= 15 is 0 Å². The van der Waals surface area contributed by atoms with Crippen LogP contribution >= 0.6 is 0 Å². The van der Waals surface area contributed by atoms with Crippen LogP contribution in [0.2, 0.25) is 0 Å². The molecule has 0 bridgehead atoms. The van der Waals surface area contributed by atoms with Gasteiger partial charge in [-0.2, -0.15) is 0 Å². The molecule has 2 nitrogen and oxygen atoms in total. The van der Waals surface area contributed by atoms with Crippen LogP contribution in [-0.2, 0) is 5.41 Å². The van der Waals surface area contributed by atoms with E-state index < -0.39 is 22.3 Å². The largest absolute Gasteiger partial charge is 0.458 e. The molecule has 2 aliphatic heterocycles. The second kappa shape index (κ2) is 14.9. The van der Waals surface area contributed by atoms with Crippen molar-refractivity contribution in [3.8, 4) is 22.6 Å². The second-order valence-corrected chi connectivity index (χ2v) is 23.3. The average Bonchev–Trinajstić information content (AvgIpc) is 3.69. The molecule has 65 heavy (non-hydrogen) atoms. The van der Waals surface area contributed by atoms with E-state index in [1.807, 2.05) is 0 Å². The maximum Gasteiger partial charge on any atom is 0.188 e. The summed E-state index contributed by atoms with van der Waals surface area (Å²) in [5.74, 6) is 1.92. The first-order valence-electron chi connectivity index (χ1n) is 22.5. The van der Waals surface area contributed by atoms with Gasteiger partial charge in [-0.15, -0.1) is 0 Å². The highest BCUT2D eigenvalue weighted by Crippen LogP contribution is 2.59. The van der Waals surface area contributed by atoms with E-state index in [1.54, 1.807) is 0 Å². The number of anilines is 3. The van der Waals surface area contributed by atoms with Gasteiger partial charge in [-0.25, -0.2) is 0 Å². The molecule has 0 amide bonds. The van der Waals surface area contributed by atoms with Gasteiger partial charge in [-0.05, 0) is 96.2 Å². The minimum atomic E-state index is -2.92. The van der Waals surface area contributed by atoms with Crippen molar-refractivity contribution in [3.63, 3.8) is 0 Å². The molecule has 305 valence electrons. The van der Waals surface area contributed by atoms with Crippen molar-refractivity contribution < 1.29 is 4.74 Å². The number of ether oxygens (including phenoxy) is 1. The molecule has 10 aromatic rings. The molecular weight excluding hydrogens is 819 g/mol. The molecule has 4 heteroatoms. The number of hydrogen-bond donors (Lipinski definition) is 0. The van der Waals surface area contributed by atoms with Crippen molar-refractivity contribution in [1.82, 2.24) is 0 Å². The Labute approximate surface area is 383 Å². The maximum absolute atomic E-state index is 6.81. The van der Waals surface area contributed by atoms with Gasteiger partial charge in [0.2, 0.25) is 0 Å². The molecule has 0 unspecified atom stereocenters. The zero-order valence-electron chi connectivity index (χ0n) is 35.6. The maximum atomic E-state index is 6.81. The predicted octanol–water partition coefficient (Wildman–Crippen LogP) is 9.83. The number of fused-ring (bicyclic) bond motifs is 11. The Morgan fingerprint density at radius 2 is 0.908 bits per heavy atom. The Kier molecular flexibility index (Phi) is 8.67. The summed E-state index contributed by atoms with van der Waals surface area (Å²) in [5, 5.41) is 9.82. The molecule has 0 aromatic heterocycles. The van der Waals surface area contributed by atoms with E-state index in [1.165, 1.54) is 69.7 Å². The van der Waals surface area contributed by atoms with E-state index in [2.05, 4.69) is 260 Å². The minimum Gasteiger partial charge on any atom is -0.458 e. The van der Waals surface area contributed by atoms with Crippen molar-refractivity contribution in [2.75, 3.05) is 4.90 Å². The van der Waals surface area contributed by atoms with E-state index in [-0.39, 0.29) is 0 Å². The Balaban J connectivity index is 1.12. The summed E-state index contributed by atoms with van der Waals surface area (Å²) in [6.07, 6.45) is 0. The third kappa shape index (κ3) is 5.39.